The molecule has 0 N–H and O–H groups in total. The van der Waals surface area contributed by atoms with Gasteiger partial charge in [-0.05, 0) is 41.2 Å². The molecule has 0 saturated heterocycles. The normalized spacial score (nSPS) is 11.9. The maximum absolute atomic E-state index is 13.4. The lowest BCUT2D eigenvalue weighted by Gasteiger charge is -2.14. The second-order valence-electron chi connectivity index (χ2n) is 5.70. The fourth-order valence-corrected chi connectivity index (χ4v) is 2.41. The second-order valence-corrected chi connectivity index (χ2v) is 5.70. The number of alkyl halides is 2. The van der Waals surface area contributed by atoms with Crippen LogP contribution in [0.1, 0.15) is 43.4 Å². The Bertz CT molecular complexity index is 607. The molecule has 0 amide bonds. The Labute approximate surface area is 119 Å². The largest absolute Gasteiger partial charge is 0.270 e. The van der Waals surface area contributed by atoms with Crippen molar-refractivity contribution in [2.75, 3.05) is 0 Å². The third-order valence-electron chi connectivity index (χ3n) is 3.60. The fraction of sp³-hybridized carbons (Fsp3) is 0.333. The molecule has 0 aliphatic carbocycles. The van der Waals surface area contributed by atoms with Gasteiger partial charge in [0.25, 0.3) is 5.92 Å². The quantitative estimate of drug-likeness (QED) is 0.654. The van der Waals surface area contributed by atoms with Crippen molar-refractivity contribution in [3.05, 3.63) is 59.2 Å². The van der Waals surface area contributed by atoms with Crippen LogP contribution in [0.4, 0.5) is 8.78 Å². The van der Waals surface area contributed by atoms with Gasteiger partial charge in [0.05, 0.1) is 0 Å². The molecule has 0 atom stereocenters. The minimum absolute atomic E-state index is 0.0571. The highest BCUT2D eigenvalue weighted by atomic mass is 19.3. The highest BCUT2D eigenvalue weighted by Gasteiger charge is 2.24. The summed E-state index contributed by atoms with van der Waals surface area (Å²) < 4.78 is 26.8. The van der Waals surface area contributed by atoms with Crippen LogP contribution in [0.5, 0.6) is 0 Å². The maximum Gasteiger partial charge on any atom is 0.270 e. The number of benzene rings is 2. The average Bonchev–Trinajstić information content (AvgIpc) is 2.38. The highest BCUT2D eigenvalue weighted by molar-refractivity contribution is 5.66. The van der Waals surface area contributed by atoms with E-state index in [0.717, 1.165) is 18.1 Å². The van der Waals surface area contributed by atoms with Crippen molar-refractivity contribution in [3.63, 3.8) is 0 Å². The van der Waals surface area contributed by atoms with Gasteiger partial charge in [0.15, 0.2) is 0 Å². The van der Waals surface area contributed by atoms with E-state index in [9.17, 15) is 8.78 Å². The van der Waals surface area contributed by atoms with Crippen LogP contribution in [0.3, 0.4) is 0 Å². The predicted molar refractivity (Wildman–Crippen MR) is 80.3 cm³/mol. The number of rotatable bonds is 3. The van der Waals surface area contributed by atoms with E-state index in [4.69, 9.17) is 0 Å². The van der Waals surface area contributed by atoms with Crippen LogP contribution in [-0.2, 0) is 5.92 Å². The van der Waals surface area contributed by atoms with Crippen molar-refractivity contribution in [1.82, 2.24) is 0 Å². The molecule has 0 aliphatic heterocycles. The van der Waals surface area contributed by atoms with E-state index in [-0.39, 0.29) is 5.56 Å². The predicted octanol–water partition coefficient (Wildman–Crippen LogP) is 5.90. The topological polar surface area (TPSA) is 0 Å². The molecule has 0 fully saturated rings. The van der Waals surface area contributed by atoms with Crippen molar-refractivity contribution in [2.24, 2.45) is 0 Å². The molecule has 2 rings (SSSR count). The maximum atomic E-state index is 13.4. The molecule has 0 aliphatic rings. The molecule has 20 heavy (non-hydrogen) atoms. The van der Waals surface area contributed by atoms with E-state index in [1.54, 1.807) is 12.1 Å². The Hall–Kier alpha value is -1.70. The standard InChI is InChI=1S/C18H20F2/c1-12(2)17-11-15(9-8-13(17)3)14-6-5-7-16(10-14)18(4,19)20/h5-12H,1-4H3. The van der Waals surface area contributed by atoms with Gasteiger partial charge in [-0.2, -0.15) is 0 Å². The first kappa shape index (κ1) is 14.7. The zero-order chi connectivity index (χ0) is 14.9. The summed E-state index contributed by atoms with van der Waals surface area (Å²) in [6, 6.07) is 12.8. The minimum Gasteiger partial charge on any atom is -0.202 e. The van der Waals surface area contributed by atoms with Crippen molar-refractivity contribution in [2.45, 2.75) is 39.5 Å². The molecule has 106 valence electrons. The van der Waals surface area contributed by atoms with Crippen LogP contribution in [0.15, 0.2) is 42.5 Å². The summed E-state index contributed by atoms with van der Waals surface area (Å²) in [6.45, 7) is 7.29. The van der Waals surface area contributed by atoms with Gasteiger partial charge >= 0.3 is 0 Å². The van der Waals surface area contributed by atoms with E-state index >= 15 is 0 Å². The minimum atomic E-state index is -2.80. The first-order valence-corrected chi connectivity index (χ1v) is 6.88. The Morgan fingerprint density at radius 2 is 1.60 bits per heavy atom. The second kappa shape index (κ2) is 5.35. The Morgan fingerprint density at radius 1 is 0.950 bits per heavy atom. The van der Waals surface area contributed by atoms with E-state index in [1.807, 2.05) is 12.1 Å². The number of halogens is 2. The fourth-order valence-electron chi connectivity index (χ4n) is 2.41. The van der Waals surface area contributed by atoms with Gasteiger partial charge in [-0.1, -0.05) is 50.2 Å². The lowest BCUT2D eigenvalue weighted by Crippen LogP contribution is -2.06. The SMILES string of the molecule is Cc1ccc(-c2cccc(C(C)(F)F)c2)cc1C(C)C. The Balaban J connectivity index is 2.49. The van der Waals surface area contributed by atoms with Crippen molar-refractivity contribution in [1.29, 1.82) is 0 Å². The lowest BCUT2D eigenvalue weighted by molar-refractivity contribution is 0.0175. The molecule has 2 aromatic rings. The molecule has 0 heterocycles. The summed E-state index contributed by atoms with van der Waals surface area (Å²) in [5.41, 5.74) is 4.38. The summed E-state index contributed by atoms with van der Waals surface area (Å²) in [5, 5.41) is 0. The van der Waals surface area contributed by atoms with E-state index in [1.165, 1.54) is 17.2 Å². The van der Waals surface area contributed by atoms with Gasteiger partial charge in [-0.15, -0.1) is 0 Å². The third kappa shape index (κ3) is 3.06. The first-order valence-electron chi connectivity index (χ1n) is 6.88. The highest BCUT2D eigenvalue weighted by Crippen LogP contribution is 2.32. The first-order chi connectivity index (χ1) is 9.29. The van der Waals surface area contributed by atoms with Crippen molar-refractivity contribution < 1.29 is 8.78 Å². The van der Waals surface area contributed by atoms with Crippen LogP contribution < -0.4 is 0 Å². The van der Waals surface area contributed by atoms with Gasteiger partial charge in [-0.25, -0.2) is 8.78 Å². The zero-order valence-electron chi connectivity index (χ0n) is 12.4. The van der Waals surface area contributed by atoms with Gasteiger partial charge in [0, 0.05) is 12.5 Å². The Morgan fingerprint density at radius 3 is 2.20 bits per heavy atom. The number of hydrogen-bond donors (Lipinski definition) is 0. The monoisotopic (exact) mass is 274 g/mol. The molecule has 2 heteroatoms. The van der Waals surface area contributed by atoms with Gasteiger partial charge in [0.1, 0.15) is 0 Å². The molecule has 0 nitrogen and oxygen atoms in total. The van der Waals surface area contributed by atoms with E-state index in [2.05, 4.69) is 32.9 Å². The molecule has 0 aromatic heterocycles. The molecule has 0 spiro atoms. The summed E-state index contributed by atoms with van der Waals surface area (Å²) in [5.74, 6) is -2.38. The Kier molecular flexibility index (Phi) is 3.94. The molecule has 0 unspecified atom stereocenters. The van der Waals surface area contributed by atoms with Crippen LogP contribution >= 0.6 is 0 Å². The summed E-state index contributed by atoms with van der Waals surface area (Å²) in [6.07, 6.45) is 0. The van der Waals surface area contributed by atoms with Crippen LogP contribution in [-0.4, -0.2) is 0 Å². The number of hydrogen-bond acceptors (Lipinski definition) is 0. The molecule has 0 radical (unpaired) electrons. The van der Waals surface area contributed by atoms with Gasteiger partial charge in [0.2, 0.25) is 0 Å². The summed E-state index contributed by atoms with van der Waals surface area (Å²) in [7, 11) is 0. The third-order valence-corrected chi connectivity index (χ3v) is 3.60. The zero-order valence-corrected chi connectivity index (χ0v) is 12.4. The van der Waals surface area contributed by atoms with Crippen LogP contribution in [0, 0.1) is 6.92 Å². The molecular weight excluding hydrogens is 254 g/mol. The van der Waals surface area contributed by atoms with E-state index in [0.29, 0.717) is 5.92 Å². The van der Waals surface area contributed by atoms with Crippen molar-refractivity contribution in [3.8, 4) is 11.1 Å². The summed E-state index contributed by atoms with van der Waals surface area (Å²) >= 11 is 0. The van der Waals surface area contributed by atoms with Crippen LogP contribution in [0.25, 0.3) is 11.1 Å². The smallest absolute Gasteiger partial charge is 0.202 e. The summed E-state index contributed by atoms with van der Waals surface area (Å²) in [4.78, 5) is 0. The molecular formula is C18H20F2. The van der Waals surface area contributed by atoms with Gasteiger partial charge < -0.3 is 0 Å². The molecule has 0 bridgehead atoms. The van der Waals surface area contributed by atoms with Gasteiger partial charge in [-0.3, -0.25) is 0 Å². The van der Waals surface area contributed by atoms with Crippen LogP contribution in [0.2, 0.25) is 0 Å². The molecule has 0 saturated carbocycles. The number of aryl methyl sites for hydroxylation is 1. The lowest BCUT2D eigenvalue weighted by atomic mass is 9.92. The van der Waals surface area contributed by atoms with E-state index < -0.39 is 5.92 Å². The average molecular weight is 274 g/mol. The molecule has 2 aromatic carbocycles. The van der Waals surface area contributed by atoms with Crippen molar-refractivity contribution >= 4 is 0 Å².